The SMILES string of the molecule is CCCCN(C)Cc1cn[nH]c1-c1ccc(Cl)cc1Cl. The van der Waals surface area contributed by atoms with Crippen LogP contribution in [0.15, 0.2) is 24.4 Å². The molecule has 0 radical (unpaired) electrons. The smallest absolute Gasteiger partial charge is 0.0710 e. The van der Waals surface area contributed by atoms with Gasteiger partial charge < -0.3 is 4.90 Å². The van der Waals surface area contributed by atoms with E-state index in [4.69, 9.17) is 23.2 Å². The molecule has 1 heterocycles. The Kier molecular flexibility index (Phi) is 5.46. The van der Waals surface area contributed by atoms with E-state index in [2.05, 4.69) is 29.1 Å². The number of nitrogens with one attached hydrogen (secondary N) is 1. The van der Waals surface area contributed by atoms with Crippen molar-refractivity contribution in [2.75, 3.05) is 13.6 Å². The highest BCUT2D eigenvalue weighted by Gasteiger charge is 2.12. The van der Waals surface area contributed by atoms with E-state index >= 15 is 0 Å². The van der Waals surface area contributed by atoms with Gasteiger partial charge in [0.25, 0.3) is 0 Å². The number of halogens is 2. The Labute approximate surface area is 129 Å². The van der Waals surface area contributed by atoms with E-state index in [0.29, 0.717) is 10.0 Å². The highest BCUT2D eigenvalue weighted by Crippen LogP contribution is 2.31. The normalized spacial score (nSPS) is 11.2. The molecule has 0 saturated carbocycles. The summed E-state index contributed by atoms with van der Waals surface area (Å²) in [6, 6.07) is 5.52. The molecule has 1 aromatic carbocycles. The maximum absolute atomic E-state index is 6.27. The highest BCUT2D eigenvalue weighted by molar-refractivity contribution is 6.36. The molecule has 5 heteroatoms. The summed E-state index contributed by atoms with van der Waals surface area (Å²) in [6.45, 7) is 4.13. The first kappa shape index (κ1) is 15.4. The molecule has 108 valence electrons. The lowest BCUT2D eigenvalue weighted by molar-refractivity contribution is 0.321. The van der Waals surface area contributed by atoms with Crippen LogP contribution in [0.25, 0.3) is 11.3 Å². The van der Waals surface area contributed by atoms with Crippen molar-refractivity contribution in [3.05, 3.63) is 40.0 Å². The number of benzene rings is 1. The van der Waals surface area contributed by atoms with Gasteiger partial charge in [-0.3, -0.25) is 5.10 Å². The van der Waals surface area contributed by atoms with Crippen molar-refractivity contribution in [1.82, 2.24) is 15.1 Å². The molecule has 0 aliphatic heterocycles. The van der Waals surface area contributed by atoms with Gasteiger partial charge in [-0.1, -0.05) is 36.5 Å². The van der Waals surface area contributed by atoms with Gasteiger partial charge in [0.2, 0.25) is 0 Å². The zero-order valence-electron chi connectivity index (χ0n) is 11.8. The van der Waals surface area contributed by atoms with E-state index in [1.54, 1.807) is 6.07 Å². The average Bonchev–Trinajstić information content (AvgIpc) is 2.84. The van der Waals surface area contributed by atoms with Crippen molar-refractivity contribution < 1.29 is 0 Å². The largest absolute Gasteiger partial charge is 0.302 e. The van der Waals surface area contributed by atoms with Gasteiger partial charge >= 0.3 is 0 Å². The van der Waals surface area contributed by atoms with Crippen molar-refractivity contribution >= 4 is 23.2 Å². The molecule has 20 heavy (non-hydrogen) atoms. The van der Waals surface area contributed by atoms with E-state index in [9.17, 15) is 0 Å². The first-order valence-electron chi connectivity index (χ1n) is 6.78. The number of aromatic amines is 1. The standard InChI is InChI=1S/C15H19Cl2N3/c1-3-4-7-20(2)10-11-9-18-19-15(11)13-6-5-12(16)8-14(13)17/h5-6,8-9H,3-4,7,10H2,1-2H3,(H,18,19). The van der Waals surface area contributed by atoms with Crippen LogP contribution in [0.1, 0.15) is 25.3 Å². The summed E-state index contributed by atoms with van der Waals surface area (Å²) in [5.41, 5.74) is 3.05. The lowest BCUT2D eigenvalue weighted by Gasteiger charge is -2.16. The number of H-pyrrole nitrogens is 1. The van der Waals surface area contributed by atoms with Crippen molar-refractivity contribution in [2.45, 2.75) is 26.3 Å². The van der Waals surface area contributed by atoms with Crippen LogP contribution in [0, 0.1) is 0 Å². The second-order valence-corrected chi connectivity index (χ2v) is 5.83. The molecule has 2 rings (SSSR count). The Bertz CT molecular complexity index is 566. The Morgan fingerprint density at radius 1 is 1.30 bits per heavy atom. The van der Waals surface area contributed by atoms with Crippen LogP contribution in [-0.4, -0.2) is 28.7 Å². The minimum Gasteiger partial charge on any atom is -0.302 e. The molecule has 3 nitrogen and oxygen atoms in total. The zero-order chi connectivity index (χ0) is 14.5. The number of unbranched alkanes of at least 4 members (excludes halogenated alkanes) is 1. The van der Waals surface area contributed by atoms with E-state index in [1.807, 2.05) is 18.3 Å². The quantitative estimate of drug-likeness (QED) is 0.844. The van der Waals surface area contributed by atoms with Gasteiger partial charge in [0, 0.05) is 22.7 Å². The van der Waals surface area contributed by atoms with E-state index in [0.717, 1.165) is 29.9 Å². The fraction of sp³-hybridized carbons (Fsp3) is 0.400. The molecule has 0 amide bonds. The third-order valence-corrected chi connectivity index (χ3v) is 3.80. The van der Waals surface area contributed by atoms with Gasteiger partial charge in [-0.25, -0.2) is 0 Å². The van der Waals surface area contributed by atoms with Gasteiger partial charge in [0.15, 0.2) is 0 Å². The Morgan fingerprint density at radius 2 is 2.10 bits per heavy atom. The van der Waals surface area contributed by atoms with Gasteiger partial charge in [-0.05, 0) is 38.2 Å². The van der Waals surface area contributed by atoms with Gasteiger partial charge in [0.05, 0.1) is 16.9 Å². The molecule has 1 N–H and O–H groups in total. The van der Waals surface area contributed by atoms with E-state index in [-0.39, 0.29) is 0 Å². The first-order chi connectivity index (χ1) is 9.61. The number of rotatable bonds is 6. The van der Waals surface area contributed by atoms with Crippen LogP contribution < -0.4 is 0 Å². The summed E-state index contributed by atoms with van der Waals surface area (Å²) >= 11 is 12.2. The molecule has 0 aliphatic carbocycles. The number of nitrogens with zero attached hydrogens (tertiary/aromatic N) is 2. The molecule has 0 aliphatic rings. The predicted octanol–water partition coefficient (Wildman–Crippen LogP) is 4.62. The maximum Gasteiger partial charge on any atom is 0.0710 e. The Morgan fingerprint density at radius 3 is 2.80 bits per heavy atom. The van der Waals surface area contributed by atoms with Crippen molar-refractivity contribution in [1.29, 1.82) is 0 Å². The molecule has 0 spiro atoms. The lowest BCUT2D eigenvalue weighted by atomic mass is 10.1. The molecule has 0 bridgehead atoms. The third kappa shape index (κ3) is 3.75. The summed E-state index contributed by atoms with van der Waals surface area (Å²) in [6.07, 6.45) is 4.26. The summed E-state index contributed by atoms with van der Waals surface area (Å²) in [4.78, 5) is 2.29. The summed E-state index contributed by atoms with van der Waals surface area (Å²) in [5, 5.41) is 8.47. The third-order valence-electron chi connectivity index (χ3n) is 3.25. The molecule has 0 unspecified atom stereocenters. The minimum absolute atomic E-state index is 0.638. The van der Waals surface area contributed by atoms with Crippen molar-refractivity contribution in [2.24, 2.45) is 0 Å². The predicted molar refractivity (Wildman–Crippen MR) is 85.3 cm³/mol. The lowest BCUT2D eigenvalue weighted by Crippen LogP contribution is -2.19. The van der Waals surface area contributed by atoms with Crippen LogP contribution >= 0.6 is 23.2 Å². The summed E-state index contributed by atoms with van der Waals surface area (Å²) in [7, 11) is 2.12. The second kappa shape index (κ2) is 7.11. The van der Waals surface area contributed by atoms with Crippen LogP contribution in [0.4, 0.5) is 0 Å². The van der Waals surface area contributed by atoms with Crippen LogP contribution in [0.3, 0.4) is 0 Å². The second-order valence-electron chi connectivity index (χ2n) is 4.99. The molecule has 1 aromatic heterocycles. The molecule has 0 atom stereocenters. The number of hydrogen-bond donors (Lipinski definition) is 1. The monoisotopic (exact) mass is 311 g/mol. The average molecular weight is 312 g/mol. The molecule has 0 saturated heterocycles. The summed E-state index contributed by atoms with van der Waals surface area (Å²) < 4.78 is 0. The molecule has 0 fully saturated rings. The van der Waals surface area contributed by atoms with Gasteiger partial charge in [-0.2, -0.15) is 5.10 Å². The molecule has 2 aromatic rings. The maximum atomic E-state index is 6.27. The summed E-state index contributed by atoms with van der Waals surface area (Å²) in [5.74, 6) is 0. The fourth-order valence-corrected chi connectivity index (χ4v) is 2.66. The molecular weight excluding hydrogens is 293 g/mol. The minimum atomic E-state index is 0.638. The van der Waals surface area contributed by atoms with E-state index in [1.165, 1.54) is 12.8 Å². The van der Waals surface area contributed by atoms with E-state index < -0.39 is 0 Å². The Balaban J connectivity index is 2.20. The van der Waals surface area contributed by atoms with Gasteiger partial charge in [-0.15, -0.1) is 0 Å². The number of hydrogen-bond acceptors (Lipinski definition) is 2. The highest BCUT2D eigenvalue weighted by atomic mass is 35.5. The van der Waals surface area contributed by atoms with Crippen molar-refractivity contribution in [3.63, 3.8) is 0 Å². The fourth-order valence-electron chi connectivity index (χ4n) is 2.15. The number of aromatic nitrogens is 2. The Hall–Kier alpha value is -1.03. The first-order valence-corrected chi connectivity index (χ1v) is 7.53. The zero-order valence-corrected chi connectivity index (χ0v) is 13.3. The van der Waals surface area contributed by atoms with Crippen LogP contribution in [0.5, 0.6) is 0 Å². The molecular formula is C15H19Cl2N3. The topological polar surface area (TPSA) is 31.9 Å². The van der Waals surface area contributed by atoms with Crippen LogP contribution in [0.2, 0.25) is 10.0 Å². The van der Waals surface area contributed by atoms with Crippen molar-refractivity contribution in [3.8, 4) is 11.3 Å². The van der Waals surface area contributed by atoms with Crippen LogP contribution in [-0.2, 0) is 6.54 Å². The van der Waals surface area contributed by atoms with Gasteiger partial charge in [0.1, 0.15) is 0 Å².